The zero-order valence-electron chi connectivity index (χ0n) is 2.93. The van der Waals surface area contributed by atoms with Crippen molar-refractivity contribution >= 4 is 22.6 Å². The van der Waals surface area contributed by atoms with Crippen molar-refractivity contribution in [3.05, 3.63) is 0 Å². The first-order chi connectivity index (χ1) is 2.91. The van der Waals surface area contributed by atoms with E-state index in [4.69, 9.17) is 5.53 Å². The minimum atomic E-state index is 0.570. The van der Waals surface area contributed by atoms with E-state index in [0.717, 1.165) is 0 Å². The van der Waals surface area contributed by atoms with Crippen LogP contribution in [0.4, 0.5) is 0 Å². The first-order valence-corrected chi connectivity index (χ1v) is 2.73. The zero-order chi connectivity index (χ0) is 4.83. The summed E-state index contributed by atoms with van der Waals surface area (Å²) >= 11 is 2.01. The predicted octanol–water partition coefficient (Wildman–Crippen LogP) is 1.78. The summed E-state index contributed by atoms with van der Waals surface area (Å²) < 4.78 is 0.570. The van der Waals surface area contributed by atoms with E-state index in [2.05, 4.69) is 15.6 Å². The van der Waals surface area contributed by atoms with Crippen LogP contribution in [0.15, 0.2) is 15.6 Å². The van der Waals surface area contributed by atoms with Crippen LogP contribution in [0.25, 0.3) is 0 Å². The Balaban J connectivity index is 2.94. The Hall–Kier alpha value is -0.0700. The first-order valence-electron chi connectivity index (χ1n) is 1.21. The van der Waals surface area contributed by atoms with Crippen LogP contribution in [0.3, 0.4) is 0 Å². The van der Waals surface area contributed by atoms with Gasteiger partial charge in [0.25, 0.3) is 0 Å². The highest BCUT2D eigenvalue weighted by Crippen LogP contribution is 1.82. The summed E-state index contributed by atoms with van der Waals surface area (Å²) in [5.74, 6) is 0. The average Bonchev–Trinajstić information content (AvgIpc) is 1.61. The molecule has 5 heteroatoms. The van der Waals surface area contributed by atoms with Gasteiger partial charge < -0.3 is 0 Å². The number of nitrogens with zero attached hydrogens (tertiary/aromatic N) is 3. The van der Waals surface area contributed by atoms with E-state index in [1.807, 2.05) is 22.6 Å². The van der Waals surface area contributed by atoms with Gasteiger partial charge >= 0.3 is 0 Å². The summed E-state index contributed by atoms with van der Waals surface area (Å²) in [5, 5.41) is 8.98. The van der Waals surface area contributed by atoms with E-state index < -0.39 is 0 Å². The van der Waals surface area contributed by atoms with Gasteiger partial charge in [0.15, 0.2) is 0 Å². The van der Waals surface area contributed by atoms with Gasteiger partial charge in [0, 0.05) is 0 Å². The molecule has 0 fully saturated rings. The van der Waals surface area contributed by atoms with E-state index in [0.29, 0.717) is 4.55 Å². The minimum Gasteiger partial charge on any atom is -0.183 e. The van der Waals surface area contributed by atoms with Crippen molar-refractivity contribution in [3.8, 4) is 0 Å². The molecule has 0 aliphatic rings. The average molecular weight is 198 g/mol. The normalized spacial score (nSPS) is 9.50. The SMILES string of the molecule is N=NN=NCI. The molecule has 0 rings (SSSR count). The Morgan fingerprint density at radius 1 is 1.67 bits per heavy atom. The molecule has 0 spiro atoms. The molecule has 0 radical (unpaired) electrons. The van der Waals surface area contributed by atoms with Crippen molar-refractivity contribution in [2.45, 2.75) is 0 Å². The van der Waals surface area contributed by atoms with Gasteiger partial charge in [-0.15, -0.1) is 0 Å². The Morgan fingerprint density at radius 3 is 2.50 bits per heavy atom. The van der Waals surface area contributed by atoms with Crippen molar-refractivity contribution in [2.24, 2.45) is 15.6 Å². The van der Waals surface area contributed by atoms with E-state index in [1.165, 1.54) is 0 Å². The minimum absolute atomic E-state index is 0.570. The number of alkyl halides is 1. The fraction of sp³-hybridized carbons (Fsp3) is 1.00. The molecule has 0 aliphatic heterocycles. The van der Waals surface area contributed by atoms with E-state index in [9.17, 15) is 0 Å². The lowest BCUT2D eigenvalue weighted by atomic mass is 11.5. The fourth-order valence-electron chi connectivity index (χ4n) is 0.0555. The molecule has 0 bridgehead atoms. The highest BCUT2D eigenvalue weighted by atomic mass is 127. The van der Waals surface area contributed by atoms with Crippen molar-refractivity contribution in [2.75, 3.05) is 4.55 Å². The van der Waals surface area contributed by atoms with Crippen LogP contribution in [0, 0.1) is 5.53 Å². The molecule has 6 heavy (non-hydrogen) atoms. The van der Waals surface area contributed by atoms with Gasteiger partial charge in [0.1, 0.15) is 4.55 Å². The summed E-state index contributed by atoms with van der Waals surface area (Å²) in [7, 11) is 0. The van der Waals surface area contributed by atoms with Gasteiger partial charge in [-0.1, -0.05) is 22.6 Å². The zero-order valence-corrected chi connectivity index (χ0v) is 5.08. The van der Waals surface area contributed by atoms with Crippen molar-refractivity contribution in [1.29, 1.82) is 5.53 Å². The second-order valence-corrected chi connectivity index (χ2v) is 1.13. The second kappa shape index (κ2) is 4.93. The molecule has 0 aromatic heterocycles. The smallest absolute Gasteiger partial charge is 0.114 e. The van der Waals surface area contributed by atoms with Gasteiger partial charge in [-0.2, -0.15) is 10.6 Å². The van der Waals surface area contributed by atoms with Gasteiger partial charge in [0.2, 0.25) is 0 Å². The van der Waals surface area contributed by atoms with Crippen molar-refractivity contribution in [3.63, 3.8) is 0 Å². The fourth-order valence-corrected chi connectivity index (χ4v) is 0.192. The predicted molar refractivity (Wildman–Crippen MR) is 28.9 cm³/mol. The van der Waals surface area contributed by atoms with Crippen molar-refractivity contribution < 1.29 is 0 Å². The van der Waals surface area contributed by atoms with Crippen LogP contribution < -0.4 is 0 Å². The van der Waals surface area contributed by atoms with E-state index in [1.54, 1.807) is 0 Å². The summed E-state index contributed by atoms with van der Waals surface area (Å²) in [6, 6.07) is 0. The van der Waals surface area contributed by atoms with Gasteiger partial charge in [0.05, 0.1) is 0 Å². The summed E-state index contributed by atoms with van der Waals surface area (Å²) in [6.07, 6.45) is 0. The summed E-state index contributed by atoms with van der Waals surface area (Å²) in [6.45, 7) is 0. The molecule has 4 nitrogen and oxygen atoms in total. The molecule has 0 aliphatic carbocycles. The molecule has 0 aromatic rings. The molecule has 0 atom stereocenters. The monoisotopic (exact) mass is 198 g/mol. The summed E-state index contributed by atoms with van der Waals surface area (Å²) in [5.41, 5.74) is 6.07. The van der Waals surface area contributed by atoms with Crippen LogP contribution in [0.1, 0.15) is 0 Å². The number of halogens is 1. The standard InChI is InChI=1S/CH3IN4/c2-1-4-6-5-3/h3H,1H2. The van der Waals surface area contributed by atoms with Crippen LogP contribution in [0.5, 0.6) is 0 Å². The van der Waals surface area contributed by atoms with Crippen LogP contribution in [-0.2, 0) is 0 Å². The molecular formula is CH3IN4. The van der Waals surface area contributed by atoms with E-state index in [-0.39, 0.29) is 0 Å². The van der Waals surface area contributed by atoms with Crippen LogP contribution in [-0.4, -0.2) is 4.55 Å². The van der Waals surface area contributed by atoms with Gasteiger partial charge in [-0.25, -0.2) is 0 Å². The Bertz CT molecular complexity index is 58.6. The second-order valence-electron chi connectivity index (χ2n) is 0.450. The molecule has 0 saturated heterocycles. The van der Waals surface area contributed by atoms with Crippen LogP contribution in [0.2, 0.25) is 0 Å². The number of hydrogen-bond donors (Lipinski definition) is 1. The summed E-state index contributed by atoms with van der Waals surface area (Å²) in [4.78, 5) is 0. The highest BCUT2D eigenvalue weighted by molar-refractivity contribution is 14.1. The lowest BCUT2D eigenvalue weighted by Gasteiger charge is -1.64. The third kappa shape index (κ3) is 3.93. The van der Waals surface area contributed by atoms with E-state index >= 15 is 0 Å². The number of nitrogens with one attached hydrogen (secondary N) is 1. The number of rotatable bonds is 2. The largest absolute Gasteiger partial charge is 0.183 e. The molecule has 0 amide bonds. The molecule has 0 aromatic carbocycles. The van der Waals surface area contributed by atoms with Crippen molar-refractivity contribution in [1.82, 2.24) is 0 Å². The molecule has 0 unspecified atom stereocenters. The molecule has 0 heterocycles. The lowest BCUT2D eigenvalue weighted by molar-refractivity contribution is 0.887. The van der Waals surface area contributed by atoms with Crippen LogP contribution >= 0.6 is 22.6 Å². The maximum atomic E-state index is 6.07. The quantitative estimate of drug-likeness (QED) is 0.231. The van der Waals surface area contributed by atoms with Gasteiger partial charge in [-0.05, 0) is 10.4 Å². The maximum absolute atomic E-state index is 6.07. The maximum Gasteiger partial charge on any atom is 0.114 e. The lowest BCUT2D eigenvalue weighted by Crippen LogP contribution is -1.49. The number of hydrogen-bond acceptors (Lipinski definition) is 2. The molecule has 0 saturated carbocycles. The molecular weight excluding hydrogens is 195 g/mol. The third-order valence-electron chi connectivity index (χ3n) is 0.161. The Kier molecular flexibility index (Phi) is 4.87. The van der Waals surface area contributed by atoms with Gasteiger partial charge in [-0.3, -0.25) is 0 Å². The highest BCUT2D eigenvalue weighted by Gasteiger charge is 1.59. The molecule has 34 valence electrons. The molecule has 1 N–H and O–H groups in total. The first kappa shape index (κ1) is 5.93. The Morgan fingerprint density at radius 2 is 2.33 bits per heavy atom. The topological polar surface area (TPSA) is 60.9 Å². The Labute approximate surface area is 48.7 Å². The third-order valence-corrected chi connectivity index (χ3v) is 0.467.